The van der Waals surface area contributed by atoms with E-state index >= 15 is 0 Å². The second-order valence-electron chi connectivity index (χ2n) is 7.35. The third kappa shape index (κ3) is 4.17. The lowest BCUT2D eigenvalue weighted by molar-refractivity contribution is 0.115. The average molecular weight is 281 g/mol. The summed E-state index contributed by atoms with van der Waals surface area (Å²) in [5.74, 6) is 0. The van der Waals surface area contributed by atoms with E-state index in [0.29, 0.717) is 6.04 Å². The number of nitrogens with zero attached hydrogens (tertiary/aromatic N) is 2. The van der Waals surface area contributed by atoms with Crippen molar-refractivity contribution < 1.29 is 5.11 Å². The summed E-state index contributed by atoms with van der Waals surface area (Å²) in [5.41, 5.74) is -0.0585. The molecular weight excluding hydrogens is 250 g/mol. The molecule has 1 saturated heterocycles. The number of aliphatic hydroxyl groups excluding tert-OH is 1. The summed E-state index contributed by atoms with van der Waals surface area (Å²) in [6.07, 6.45) is 7.73. The molecule has 0 aromatic heterocycles. The molecule has 0 radical (unpaired) electrons. The third-order valence-electron chi connectivity index (χ3n) is 5.15. The van der Waals surface area contributed by atoms with Gasteiger partial charge in [0.15, 0.2) is 0 Å². The van der Waals surface area contributed by atoms with Crippen LogP contribution in [0, 0.1) is 0 Å². The molecule has 3 fully saturated rings. The van der Waals surface area contributed by atoms with Crippen molar-refractivity contribution in [3.05, 3.63) is 0 Å². The Hall–Kier alpha value is -0.160. The van der Waals surface area contributed by atoms with E-state index in [9.17, 15) is 5.11 Å². The summed E-state index contributed by atoms with van der Waals surface area (Å²) in [5, 5.41) is 13.2. The van der Waals surface area contributed by atoms with Crippen LogP contribution in [-0.2, 0) is 0 Å². The van der Waals surface area contributed by atoms with Crippen molar-refractivity contribution in [2.75, 3.05) is 39.3 Å². The Balaban J connectivity index is 1.32. The second kappa shape index (κ2) is 6.30. The molecule has 2 saturated carbocycles. The van der Waals surface area contributed by atoms with Gasteiger partial charge in [-0.05, 0) is 52.0 Å². The Bertz CT molecular complexity index is 309. The van der Waals surface area contributed by atoms with Gasteiger partial charge in [0.25, 0.3) is 0 Å². The summed E-state index contributed by atoms with van der Waals surface area (Å²) in [4.78, 5) is 5.27. The van der Waals surface area contributed by atoms with Crippen LogP contribution >= 0.6 is 0 Å². The predicted octanol–water partition coefficient (Wildman–Crippen LogP) is 1.05. The predicted molar refractivity (Wildman–Crippen MR) is 81.9 cm³/mol. The monoisotopic (exact) mass is 281 g/mol. The van der Waals surface area contributed by atoms with E-state index in [0.717, 1.165) is 12.5 Å². The maximum Gasteiger partial charge on any atom is 0.0610 e. The second-order valence-corrected chi connectivity index (χ2v) is 7.35. The lowest BCUT2D eigenvalue weighted by atomic mass is 9.96. The Morgan fingerprint density at radius 1 is 1.10 bits per heavy atom. The van der Waals surface area contributed by atoms with Crippen LogP contribution in [0.2, 0.25) is 0 Å². The molecule has 2 N–H and O–H groups in total. The highest BCUT2D eigenvalue weighted by Gasteiger charge is 2.33. The van der Waals surface area contributed by atoms with Crippen LogP contribution in [0.25, 0.3) is 0 Å². The smallest absolute Gasteiger partial charge is 0.0610 e. The summed E-state index contributed by atoms with van der Waals surface area (Å²) >= 11 is 0. The zero-order chi connectivity index (χ0) is 14.0. The number of aliphatic hydroxyl groups is 1. The summed E-state index contributed by atoms with van der Waals surface area (Å²) in [6, 6.07) is 1.60. The van der Waals surface area contributed by atoms with Gasteiger partial charge in [-0.2, -0.15) is 0 Å². The molecule has 0 aromatic rings. The zero-order valence-corrected chi connectivity index (χ0v) is 13.0. The normalized spacial score (nSPS) is 28.5. The minimum absolute atomic E-state index is 0.0585. The number of piperazine rings is 1. The van der Waals surface area contributed by atoms with Crippen LogP contribution in [0.1, 0.15) is 45.4 Å². The molecule has 3 aliphatic rings. The van der Waals surface area contributed by atoms with Gasteiger partial charge in [-0.15, -0.1) is 0 Å². The fourth-order valence-corrected chi connectivity index (χ4v) is 3.40. The van der Waals surface area contributed by atoms with Crippen molar-refractivity contribution >= 4 is 0 Å². The Morgan fingerprint density at radius 3 is 2.35 bits per heavy atom. The molecule has 4 heteroatoms. The van der Waals surface area contributed by atoms with Crippen LogP contribution < -0.4 is 5.32 Å². The van der Waals surface area contributed by atoms with Gasteiger partial charge in [-0.1, -0.05) is 0 Å². The van der Waals surface area contributed by atoms with Gasteiger partial charge in [0, 0.05) is 43.8 Å². The summed E-state index contributed by atoms with van der Waals surface area (Å²) < 4.78 is 0. The van der Waals surface area contributed by atoms with E-state index in [1.54, 1.807) is 0 Å². The standard InChI is InChI=1S/C16H31N3O/c1-16(13-20,17-14-3-4-14)7-2-8-18-9-11-19(12-10-18)15-5-6-15/h14-15,17,20H,2-13H2,1H3. The number of nitrogens with one attached hydrogen (secondary N) is 1. The first-order valence-electron chi connectivity index (χ1n) is 8.53. The van der Waals surface area contributed by atoms with Crippen molar-refractivity contribution in [2.24, 2.45) is 0 Å². The minimum atomic E-state index is -0.0585. The van der Waals surface area contributed by atoms with Gasteiger partial charge in [0.05, 0.1) is 6.61 Å². The first kappa shape index (κ1) is 14.8. The number of hydrogen-bond donors (Lipinski definition) is 2. The van der Waals surface area contributed by atoms with Crippen molar-refractivity contribution in [1.82, 2.24) is 15.1 Å². The van der Waals surface area contributed by atoms with Gasteiger partial charge < -0.3 is 15.3 Å². The molecule has 1 heterocycles. The van der Waals surface area contributed by atoms with Crippen LogP contribution in [0.4, 0.5) is 0 Å². The fourth-order valence-electron chi connectivity index (χ4n) is 3.40. The highest BCUT2D eigenvalue weighted by atomic mass is 16.3. The fraction of sp³-hybridized carbons (Fsp3) is 1.00. The van der Waals surface area contributed by atoms with Crippen molar-refractivity contribution in [3.63, 3.8) is 0 Å². The molecule has 4 nitrogen and oxygen atoms in total. The molecule has 1 unspecified atom stereocenters. The highest BCUT2D eigenvalue weighted by Crippen LogP contribution is 2.28. The molecular formula is C16H31N3O. The molecule has 1 aliphatic heterocycles. The molecule has 2 aliphatic carbocycles. The van der Waals surface area contributed by atoms with Crippen LogP contribution in [-0.4, -0.2) is 71.9 Å². The van der Waals surface area contributed by atoms with Crippen molar-refractivity contribution in [3.8, 4) is 0 Å². The Labute approximate surface area is 123 Å². The average Bonchev–Trinajstić information content (AvgIpc) is 3.33. The van der Waals surface area contributed by atoms with Gasteiger partial charge >= 0.3 is 0 Å². The summed E-state index contributed by atoms with van der Waals surface area (Å²) in [7, 11) is 0. The third-order valence-corrected chi connectivity index (χ3v) is 5.15. The van der Waals surface area contributed by atoms with Crippen molar-refractivity contribution in [1.29, 1.82) is 0 Å². The number of rotatable bonds is 8. The van der Waals surface area contributed by atoms with Gasteiger partial charge in [-0.25, -0.2) is 0 Å². The van der Waals surface area contributed by atoms with E-state index < -0.39 is 0 Å². The minimum Gasteiger partial charge on any atom is -0.394 e. The van der Waals surface area contributed by atoms with E-state index in [2.05, 4.69) is 22.0 Å². The van der Waals surface area contributed by atoms with Crippen LogP contribution in [0.15, 0.2) is 0 Å². The highest BCUT2D eigenvalue weighted by molar-refractivity contribution is 4.92. The molecule has 0 spiro atoms. The maximum absolute atomic E-state index is 9.62. The van der Waals surface area contributed by atoms with Gasteiger partial charge in [-0.3, -0.25) is 4.90 Å². The van der Waals surface area contributed by atoms with Crippen LogP contribution in [0.3, 0.4) is 0 Å². The zero-order valence-electron chi connectivity index (χ0n) is 13.0. The topological polar surface area (TPSA) is 38.7 Å². The molecule has 1 atom stereocenters. The Morgan fingerprint density at radius 2 is 1.80 bits per heavy atom. The van der Waals surface area contributed by atoms with E-state index in [1.807, 2.05) is 0 Å². The largest absolute Gasteiger partial charge is 0.394 e. The molecule has 116 valence electrons. The maximum atomic E-state index is 9.62. The molecule has 20 heavy (non-hydrogen) atoms. The molecule has 0 aromatic carbocycles. The van der Waals surface area contributed by atoms with Gasteiger partial charge in [0.2, 0.25) is 0 Å². The first-order valence-corrected chi connectivity index (χ1v) is 8.53. The van der Waals surface area contributed by atoms with Crippen LogP contribution in [0.5, 0.6) is 0 Å². The van der Waals surface area contributed by atoms with E-state index in [4.69, 9.17) is 0 Å². The SMILES string of the molecule is CC(CO)(CCCN1CCN(C2CC2)CC1)NC1CC1. The van der Waals surface area contributed by atoms with E-state index in [-0.39, 0.29) is 12.1 Å². The summed E-state index contributed by atoms with van der Waals surface area (Å²) in [6.45, 7) is 8.64. The van der Waals surface area contributed by atoms with Crippen molar-refractivity contribution in [2.45, 2.75) is 63.1 Å². The molecule has 0 bridgehead atoms. The quantitative estimate of drug-likeness (QED) is 0.697. The molecule has 3 rings (SSSR count). The molecule has 0 amide bonds. The Kier molecular flexibility index (Phi) is 4.65. The lowest BCUT2D eigenvalue weighted by Gasteiger charge is -2.36. The first-order chi connectivity index (χ1) is 9.68. The van der Waals surface area contributed by atoms with E-state index in [1.165, 1.54) is 64.8 Å². The van der Waals surface area contributed by atoms with Gasteiger partial charge in [0.1, 0.15) is 0 Å². The lowest BCUT2D eigenvalue weighted by Crippen LogP contribution is -2.49. The number of hydrogen-bond acceptors (Lipinski definition) is 4.